The van der Waals surface area contributed by atoms with Gasteiger partial charge < -0.3 is 14.4 Å². The number of nitrogens with zero attached hydrogens (tertiary/aromatic N) is 1. The Labute approximate surface area is 181 Å². The van der Waals surface area contributed by atoms with Crippen molar-refractivity contribution in [2.75, 3.05) is 6.61 Å². The van der Waals surface area contributed by atoms with Crippen LogP contribution < -0.4 is 5.43 Å². The first-order valence-corrected chi connectivity index (χ1v) is 9.75. The number of hydrogen-bond donors (Lipinski definition) is 1. The maximum atomic E-state index is 12.9. The number of esters is 1. The van der Waals surface area contributed by atoms with Gasteiger partial charge in [-0.3, -0.25) is 9.59 Å². The van der Waals surface area contributed by atoms with Gasteiger partial charge in [-0.05, 0) is 36.8 Å². The van der Waals surface area contributed by atoms with Crippen LogP contribution >= 0.6 is 23.2 Å². The van der Waals surface area contributed by atoms with Crippen molar-refractivity contribution in [1.82, 2.24) is 4.57 Å². The lowest BCUT2D eigenvalue weighted by Gasteiger charge is -2.14. The number of pyridine rings is 1. The zero-order valence-electron chi connectivity index (χ0n) is 15.9. The van der Waals surface area contributed by atoms with E-state index >= 15 is 0 Å². The Hall–Kier alpha value is -3.09. The summed E-state index contributed by atoms with van der Waals surface area (Å²) in [6.07, 6.45) is 2.10. The number of ketones is 1. The van der Waals surface area contributed by atoms with Crippen molar-refractivity contribution in [3.8, 4) is 0 Å². The number of rotatable bonds is 6. The predicted molar refractivity (Wildman–Crippen MR) is 116 cm³/mol. The van der Waals surface area contributed by atoms with Crippen LogP contribution in [0, 0.1) is 0 Å². The largest absolute Gasteiger partial charge is 0.507 e. The Bertz CT molecular complexity index is 1230. The third-order valence-corrected chi connectivity index (χ3v) is 4.95. The Kier molecular flexibility index (Phi) is 6.59. The van der Waals surface area contributed by atoms with Crippen molar-refractivity contribution >= 4 is 51.6 Å². The molecule has 6 nitrogen and oxygen atoms in total. The SMILES string of the molecule is CCOC(=O)C(=O)C=C(O)c1cn(Cc2ccc(Cl)cc2Cl)c2ccccc2c1=O. The number of halogens is 2. The van der Waals surface area contributed by atoms with Gasteiger partial charge in [0.1, 0.15) is 5.76 Å². The van der Waals surface area contributed by atoms with Gasteiger partial charge in [-0.25, -0.2) is 4.79 Å². The fraction of sp³-hybridized carbons (Fsp3) is 0.136. The number of benzene rings is 2. The van der Waals surface area contributed by atoms with E-state index < -0.39 is 22.9 Å². The van der Waals surface area contributed by atoms with Gasteiger partial charge in [0.05, 0.1) is 17.7 Å². The summed E-state index contributed by atoms with van der Waals surface area (Å²) in [4.78, 5) is 36.3. The second kappa shape index (κ2) is 9.15. The van der Waals surface area contributed by atoms with Crippen LogP contribution in [0.2, 0.25) is 10.0 Å². The van der Waals surface area contributed by atoms with Gasteiger partial charge in [0.2, 0.25) is 0 Å². The summed E-state index contributed by atoms with van der Waals surface area (Å²) in [6, 6.07) is 11.9. The molecule has 0 unspecified atom stereocenters. The van der Waals surface area contributed by atoms with Crippen LogP contribution in [0.3, 0.4) is 0 Å². The second-order valence-electron chi connectivity index (χ2n) is 6.37. The summed E-state index contributed by atoms with van der Waals surface area (Å²) < 4.78 is 6.34. The Balaban J connectivity index is 2.12. The van der Waals surface area contributed by atoms with Crippen molar-refractivity contribution < 1.29 is 19.4 Å². The lowest BCUT2D eigenvalue weighted by molar-refractivity contribution is -0.151. The van der Waals surface area contributed by atoms with Crippen molar-refractivity contribution in [1.29, 1.82) is 0 Å². The molecule has 3 aromatic rings. The molecule has 0 amide bonds. The number of aliphatic hydroxyl groups excluding tert-OH is 1. The van der Waals surface area contributed by atoms with Crippen LogP contribution in [0.4, 0.5) is 0 Å². The molecule has 0 bridgehead atoms. The summed E-state index contributed by atoms with van der Waals surface area (Å²) in [6.45, 7) is 1.85. The van der Waals surface area contributed by atoms with Crippen LogP contribution in [0.15, 0.2) is 59.5 Å². The minimum Gasteiger partial charge on any atom is -0.507 e. The van der Waals surface area contributed by atoms with Gasteiger partial charge >= 0.3 is 5.97 Å². The van der Waals surface area contributed by atoms with Gasteiger partial charge in [-0.2, -0.15) is 0 Å². The normalized spacial score (nSPS) is 11.5. The molecule has 154 valence electrons. The highest BCUT2D eigenvalue weighted by Crippen LogP contribution is 2.24. The number of carbonyl (C=O) groups is 2. The molecule has 0 fully saturated rings. The van der Waals surface area contributed by atoms with Crippen LogP contribution in [0.5, 0.6) is 0 Å². The topological polar surface area (TPSA) is 85.6 Å². The first-order chi connectivity index (χ1) is 14.3. The standard InChI is InChI=1S/C22H17Cl2NO5/c1-2-30-22(29)20(27)10-19(26)16-12-25(11-13-7-8-14(23)9-17(13)24)18-6-4-3-5-15(18)21(16)28/h3-10,12,26H,2,11H2,1H3. The van der Waals surface area contributed by atoms with E-state index in [2.05, 4.69) is 4.74 Å². The molecule has 0 aliphatic heterocycles. The second-order valence-corrected chi connectivity index (χ2v) is 7.21. The van der Waals surface area contributed by atoms with Crippen molar-refractivity contribution in [2.45, 2.75) is 13.5 Å². The molecule has 0 atom stereocenters. The molecule has 0 radical (unpaired) electrons. The van der Waals surface area contributed by atoms with E-state index in [9.17, 15) is 19.5 Å². The highest BCUT2D eigenvalue weighted by molar-refractivity contribution is 6.39. The van der Waals surface area contributed by atoms with E-state index in [0.717, 1.165) is 5.56 Å². The minimum absolute atomic E-state index is 0.0177. The van der Waals surface area contributed by atoms with Crippen molar-refractivity contribution in [2.24, 2.45) is 0 Å². The predicted octanol–water partition coefficient (Wildman–Crippen LogP) is 4.39. The van der Waals surface area contributed by atoms with E-state index in [4.69, 9.17) is 23.2 Å². The molecule has 0 aliphatic carbocycles. The average Bonchev–Trinajstić information content (AvgIpc) is 2.72. The molecule has 1 N–H and O–H groups in total. The molecule has 0 aliphatic rings. The molecule has 0 saturated carbocycles. The lowest BCUT2D eigenvalue weighted by Crippen LogP contribution is -2.18. The summed E-state index contributed by atoms with van der Waals surface area (Å²) in [5.74, 6) is -2.80. The molecule has 1 aromatic heterocycles. The maximum absolute atomic E-state index is 12.9. The number of para-hydroxylation sites is 1. The highest BCUT2D eigenvalue weighted by Gasteiger charge is 2.17. The molecule has 2 aromatic carbocycles. The van der Waals surface area contributed by atoms with Crippen LogP contribution in [0.25, 0.3) is 16.7 Å². The first kappa shape index (κ1) is 21.6. The average molecular weight is 446 g/mol. The molecule has 1 heterocycles. The smallest absolute Gasteiger partial charge is 0.379 e. The molecule has 3 rings (SSSR count). The molecule has 0 spiro atoms. The molecular formula is C22H17Cl2NO5. The van der Waals surface area contributed by atoms with Crippen LogP contribution in [-0.2, 0) is 20.9 Å². The van der Waals surface area contributed by atoms with Gasteiger partial charge in [-0.1, -0.05) is 41.4 Å². The number of aromatic nitrogens is 1. The number of hydrogen-bond acceptors (Lipinski definition) is 5. The Morgan fingerprint density at radius 2 is 1.90 bits per heavy atom. The van der Waals surface area contributed by atoms with Gasteiger partial charge in [0, 0.05) is 34.2 Å². The van der Waals surface area contributed by atoms with E-state index in [-0.39, 0.29) is 18.7 Å². The molecular weight excluding hydrogens is 429 g/mol. The number of fused-ring (bicyclic) bond motifs is 1. The lowest BCUT2D eigenvalue weighted by atomic mass is 10.1. The Morgan fingerprint density at radius 1 is 1.17 bits per heavy atom. The van der Waals surface area contributed by atoms with Crippen LogP contribution in [0.1, 0.15) is 18.1 Å². The number of carbonyl (C=O) groups excluding carboxylic acids is 2. The number of aliphatic hydroxyl groups is 1. The van der Waals surface area contributed by atoms with Gasteiger partial charge in [-0.15, -0.1) is 0 Å². The third kappa shape index (κ3) is 4.56. The third-order valence-electron chi connectivity index (χ3n) is 4.36. The van der Waals surface area contributed by atoms with Crippen molar-refractivity contribution in [3.63, 3.8) is 0 Å². The summed E-state index contributed by atoms with van der Waals surface area (Å²) >= 11 is 12.2. The Morgan fingerprint density at radius 3 is 2.60 bits per heavy atom. The van der Waals surface area contributed by atoms with E-state index in [1.54, 1.807) is 54.0 Å². The molecule has 0 saturated heterocycles. The highest BCUT2D eigenvalue weighted by atomic mass is 35.5. The quantitative estimate of drug-likeness (QED) is 0.263. The zero-order valence-corrected chi connectivity index (χ0v) is 17.4. The fourth-order valence-electron chi connectivity index (χ4n) is 2.95. The molecule has 8 heteroatoms. The van der Waals surface area contributed by atoms with Gasteiger partial charge in [0.25, 0.3) is 5.78 Å². The summed E-state index contributed by atoms with van der Waals surface area (Å²) in [7, 11) is 0. The maximum Gasteiger partial charge on any atom is 0.379 e. The first-order valence-electron chi connectivity index (χ1n) is 9.00. The van der Waals surface area contributed by atoms with E-state index in [0.29, 0.717) is 27.0 Å². The zero-order chi connectivity index (χ0) is 21.8. The van der Waals surface area contributed by atoms with Crippen LogP contribution in [-0.4, -0.2) is 28.0 Å². The van der Waals surface area contributed by atoms with Gasteiger partial charge in [0.15, 0.2) is 5.43 Å². The monoisotopic (exact) mass is 445 g/mol. The minimum atomic E-state index is -1.11. The number of ether oxygens (including phenoxy) is 1. The van der Waals surface area contributed by atoms with E-state index in [1.165, 1.54) is 6.20 Å². The summed E-state index contributed by atoms with van der Waals surface area (Å²) in [5, 5.41) is 11.7. The summed E-state index contributed by atoms with van der Waals surface area (Å²) in [5.41, 5.74) is 0.750. The van der Waals surface area contributed by atoms with E-state index in [1.807, 2.05) is 0 Å². The fourth-order valence-corrected chi connectivity index (χ4v) is 3.42. The van der Waals surface area contributed by atoms with Crippen molar-refractivity contribution in [3.05, 3.63) is 86.1 Å². The molecule has 30 heavy (non-hydrogen) atoms.